The Balaban J connectivity index is 1.95. The van der Waals surface area contributed by atoms with Crippen LogP contribution in [0.5, 0.6) is 5.75 Å². The minimum Gasteiger partial charge on any atom is -0.496 e. The third kappa shape index (κ3) is 5.21. The molecule has 2 aliphatic carbocycles. The number of aliphatic hydroxyl groups is 1. The lowest BCUT2D eigenvalue weighted by molar-refractivity contribution is -0.142. The highest BCUT2D eigenvalue weighted by molar-refractivity contribution is 6.15. The van der Waals surface area contributed by atoms with Crippen molar-refractivity contribution >= 4 is 17.3 Å². The molecule has 4 unspecified atom stereocenters. The lowest BCUT2D eigenvalue weighted by atomic mass is 9.74. The molecular formula is C27H43N3O3. The van der Waals surface area contributed by atoms with Crippen LogP contribution in [0.15, 0.2) is 12.1 Å². The zero-order valence-corrected chi connectivity index (χ0v) is 21.5. The predicted molar refractivity (Wildman–Crippen MR) is 135 cm³/mol. The number of ether oxygens (including phenoxy) is 1. The first-order chi connectivity index (χ1) is 15.6. The predicted octanol–water partition coefficient (Wildman–Crippen LogP) is 5.18. The fourth-order valence-electron chi connectivity index (χ4n) is 5.78. The van der Waals surface area contributed by atoms with Gasteiger partial charge in [-0.1, -0.05) is 13.8 Å². The Morgan fingerprint density at radius 1 is 1.30 bits per heavy atom. The van der Waals surface area contributed by atoms with Gasteiger partial charge in [-0.25, -0.2) is 0 Å². The number of amides is 1. The summed E-state index contributed by atoms with van der Waals surface area (Å²) in [5.41, 5.74) is 2.34. The molecule has 4 atom stereocenters. The highest BCUT2D eigenvalue weighted by Gasteiger charge is 2.42. The van der Waals surface area contributed by atoms with Gasteiger partial charge in [0.1, 0.15) is 5.75 Å². The molecule has 184 valence electrons. The minimum absolute atomic E-state index is 0.00105. The van der Waals surface area contributed by atoms with Crippen molar-refractivity contribution in [2.45, 2.75) is 96.7 Å². The zero-order valence-electron chi connectivity index (χ0n) is 21.5. The van der Waals surface area contributed by atoms with E-state index in [0.717, 1.165) is 48.2 Å². The number of hydrogen-bond donors (Lipinski definition) is 3. The summed E-state index contributed by atoms with van der Waals surface area (Å²) in [7, 11) is 3.53. The number of carbonyl (C=O) groups is 1. The van der Waals surface area contributed by atoms with E-state index in [1.807, 2.05) is 51.8 Å². The maximum absolute atomic E-state index is 13.9. The zero-order chi connectivity index (χ0) is 24.5. The normalized spacial score (nSPS) is 26.1. The van der Waals surface area contributed by atoms with Crippen molar-refractivity contribution in [1.29, 1.82) is 5.41 Å². The molecule has 2 aliphatic rings. The van der Waals surface area contributed by atoms with E-state index in [1.165, 1.54) is 0 Å². The number of methoxy groups -OCH3 is 1. The minimum atomic E-state index is -0.724. The molecule has 0 aromatic heterocycles. The molecule has 0 saturated heterocycles. The largest absolute Gasteiger partial charge is 0.496 e. The maximum atomic E-state index is 13.9. The first kappa shape index (κ1) is 25.5. The second-order valence-corrected chi connectivity index (χ2v) is 10.6. The van der Waals surface area contributed by atoms with Crippen molar-refractivity contribution in [2.24, 2.45) is 11.8 Å². The average Bonchev–Trinajstić information content (AvgIpc) is 3.61. The van der Waals surface area contributed by atoms with Crippen LogP contribution in [-0.2, 0) is 4.79 Å². The Morgan fingerprint density at radius 3 is 2.48 bits per heavy atom. The van der Waals surface area contributed by atoms with Crippen molar-refractivity contribution < 1.29 is 14.6 Å². The topological polar surface area (TPSA) is 85.7 Å². The van der Waals surface area contributed by atoms with Gasteiger partial charge in [-0.3, -0.25) is 4.79 Å². The SMILES string of the molecule is CCC1(O)CC(C)CC(N(C(=O)C(C)C(=N)c2c(NC)ccc(OC)c2C2CC2)C(C)C)C1. The molecule has 6 heteroatoms. The summed E-state index contributed by atoms with van der Waals surface area (Å²) in [6, 6.07) is 3.88. The maximum Gasteiger partial charge on any atom is 0.231 e. The van der Waals surface area contributed by atoms with Crippen LogP contribution in [0.4, 0.5) is 5.69 Å². The van der Waals surface area contributed by atoms with Crippen molar-refractivity contribution in [3.63, 3.8) is 0 Å². The number of hydrogen-bond acceptors (Lipinski definition) is 5. The number of nitrogens with zero attached hydrogens (tertiary/aromatic N) is 1. The van der Waals surface area contributed by atoms with Gasteiger partial charge in [0.25, 0.3) is 0 Å². The molecule has 1 amide bonds. The third-order valence-electron chi connectivity index (χ3n) is 7.63. The van der Waals surface area contributed by atoms with Gasteiger partial charge < -0.3 is 25.5 Å². The van der Waals surface area contributed by atoms with Gasteiger partial charge in [0.15, 0.2) is 0 Å². The number of benzene rings is 1. The molecule has 1 aromatic carbocycles. The van der Waals surface area contributed by atoms with E-state index in [0.29, 0.717) is 30.4 Å². The van der Waals surface area contributed by atoms with E-state index in [9.17, 15) is 9.90 Å². The Labute approximate surface area is 199 Å². The lowest BCUT2D eigenvalue weighted by Gasteiger charge is -2.46. The summed E-state index contributed by atoms with van der Waals surface area (Å²) < 4.78 is 5.66. The van der Waals surface area contributed by atoms with Crippen LogP contribution >= 0.6 is 0 Å². The van der Waals surface area contributed by atoms with Gasteiger partial charge in [-0.15, -0.1) is 0 Å². The monoisotopic (exact) mass is 457 g/mol. The number of rotatable bonds is 9. The molecule has 2 fully saturated rings. The fourth-order valence-corrected chi connectivity index (χ4v) is 5.78. The number of anilines is 1. The third-order valence-corrected chi connectivity index (χ3v) is 7.63. The van der Waals surface area contributed by atoms with E-state index in [-0.39, 0.29) is 18.0 Å². The molecule has 0 radical (unpaired) electrons. The first-order valence-electron chi connectivity index (χ1n) is 12.6. The standard InChI is InChI=1S/C27H43N3O3/c1-8-27(32)14-17(4)13-20(15-27)30(16(2)3)26(31)18(5)25(28)24-21(29-6)11-12-22(33-7)23(24)19-9-10-19/h11-12,16-20,28-29,32H,8-10,13-15H2,1-7H3. The van der Waals surface area contributed by atoms with E-state index in [4.69, 9.17) is 10.1 Å². The van der Waals surface area contributed by atoms with Crippen LogP contribution in [0.2, 0.25) is 0 Å². The van der Waals surface area contributed by atoms with Crippen LogP contribution in [0.3, 0.4) is 0 Å². The highest BCUT2D eigenvalue weighted by Crippen LogP contribution is 2.48. The molecule has 0 aliphatic heterocycles. The summed E-state index contributed by atoms with van der Waals surface area (Å²) in [5.74, 6) is 0.917. The second kappa shape index (κ2) is 10.0. The fraction of sp³-hybridized carbons (Fsp3) is 0.704. The molecule has 3 rings (SSSR count). The molecule has 0 bridgehead atoms. The van der Waals surface area contributed by atoms with E-state index >= 15 is 0 Å². The van der Waals surface area contributed by atoms with Gasteiger partial charge in [0.05, 0.1) is 24.3 Å². The average molecular weight is 458 g/mol. The summed E-state index contributed by atoms with van der Waals surface area (Å²) in [6.07, 6.45) is 5.14. The molecule has 6 nitrogen and oxygen atoms in total. The van der Waals surface area contributed by atoms with Crippen molar-refractivity contribution in [3.05, 3.63) is 23.3 Å². The molecule has 0 spiro atoms. The van der Waals surface area contributed by atoms with Gasteiger partial charge in [-0.05, 0) is 83.3 Å². The summed E-state index contributed by atoms with van der Waals surface area (Å²) in [5, 5.41) is 23.5. The summed E-state index contributed by atoms with van der Waals surface area (Å²) in [4.78, 5) is 15.9. The van der Waals surface area contributed by atoms with Gasteiger partial charge in [-0.2, -0.15) is 0 Å². The van der Waals surface area contributed by atoms with E-state index in [1.54, 1.807) is 7.11 Å². The first-order valence-corrected chi connectivity index (χ1v) is 12.6. The Kier molecular flexibility index (Phi) is 7.77. The Morgan fingerprint density at radius 2 is 1.97 bits per heavy atom. The van der Waals surface area contributed by atoms with Crippen LogP contribution in [0, 0.1) is 17.2 Å². The van der Waals surface area contributed by atoms with Crippen molar-refractivity contribution in [2.75, 3.05) is 19.5 Å². The van der Waals surface area contributed by atoms with Crippen LogP contribution < -0.4 is 10.1 Å². The summed E-state index contributed by atoms with van der Waals surface area (Å²) in [6.45, 7) is 10.1. The lowest BCUT2D eigenvalue weighted by Crippen LogP contribution is -2.54. The van der Waals surface area contributed by atoms with Crippen LogP contribution in [0.25, 0.3) is 0 Å². The van der Waals surface area contributed by atoms with Crippen LogP contribution in [-0.4, -0.2) is 53.5 Å². The smallest absolute Gasteiger partial charge is 0.231 e. The molecule has 0 heterocycles. The van der Waals surface area contributed by atoms with Gasteiger partial charge >= 0.3 is 0 Å². The Hall–Kier alpha value is -2.08. The molecule has 2 saturated carbocycles. The van der Waals surface area contributed by atoms with Gasteiger partial charge in [0.2, 0.25) is 5.91 Å². The quantitative estimate of drug-likeness (QED) is 0.446. The van der Waals surface area contributed by atoms with Gasteiger partial charge in [0, 0.05) is 35.9 Å². The molecule has 3 N–H and O–H groups in total. The van der Waals surface area contributed by atoms with E-state index < -0.39 is 11.5 Å². The van der Waals surface area contributed by atoms with E-state index in [2.05, 4.69) is 12.2 Å². The van der Waals surface area contributed by atoms with Crippen molar-refractivity contribution in [1.82, 2.24) is 4.90 Å². The number of carbonyl (C=O) groups excluding carboxylic acids is 1. The summed E-state index contributed by atoms with van der Waals surface area (Å²) >= 11 is 0. The number of nitrogens with one attached hydrogen (secondary N) is 2. The molecule has 1 aromatic rings. The Bertz CT molecular complexity index is 880. The molecule has 33 heavy (non-hydrogen) atoms. The molecular weight excluding hydrogens is 414 g/mol. The van der Waals surface area contributed by atoms with Crippen molar-refractivity contribution in [3.8, 4) is 5.75 Å². The van der Waals surface area contributed by atoms with Crippen LogP contribution in [0.1, 0.15) is 90.2 Å². The highest BCUT2D eigenvalue weighted by atomic mass is 16.5. The second-order valence-electron chi connectivity index (χ2n) is 10.6.